The molecule has 0 atom stereocenters. The number of hydrogen-bond acceptors (Lipinski definition) is 3. The quantitative estimate of drug-likeness (QED) is 0.796. The molecule has 116 valence electrons. The van der Waals surface area contributed by atoms with Gasteiger partial charge in [-0.25, -0.2) is 0 Å². The lowest BCUT2D eigenvalue weighted by Gasteiger charge is -2.22. The van der Waals surface area contributed by atoms with Crippen molar-refractivity contribution in [1.29, 1.82) is 0 Å². The molecule has 1 aromatic rings. The fourth-order valence-corrected chi connectivity index (χ4v) is 2.52. The van der Waals surface area contributed by atoms with Crippen LogP contribution in [0.3, 0.4) is 0 Å². The molecular formula is C15H21BrN2O2S. The number of hydrogen-bond donors (Lipinski definition) is 2. The fourth-order valence-electron chi connectivity index (χ4n) is 1.56. The maximum atomic E-state index is 11.8. The Bertz CT molecular complexity index is 527. The van der Waals surface area contributed by atoms with Crippen molar-refractivity contribution in [1.82, 2.24) is 10.6 Å². The Balaban J connectivity index is 2.48. The van der Waals surface area contributed by atoms with Crippen LogP contribution in [0.5, 0.6) is 5.75 Å². The third-order valence-corrected chi connectivity index (χ3v) is 3.33. The average Bonchev–Trinajstić information content (AvgIpc) is 2.34. The van der Waals surface area contributed by atoms with Crippen molar-refractivity contribution < 1.29 is 9.53 Å². The van der Waals surface area contributed by atoms with E-state index in [0.29, 0.717) is 10.9 Å². The normalized spacial score (nSPS) is 10.9. The molecule has 0 aromatic heterocycles. The van der Waals surface area contributed by atoms with E-state index in [1.807, 2.05) is 39.0 Å². The molecule has 1 amide bonds. The second kappa shape index (κ2) is 7.75. The maximum Gasteiger partial charge on any atom is 0.264 e. The summed E-state index contributed by atoms with van der Waals surface area (Å²) in [6.07, 6.45) is 0.951. The molecule has 0 bridgehead atoms. The molecule has 0 fully saturated rings. The molecule has 0 unspecified atom stereocenters. The zero-order valence-electron chi connectivity index (χ0n) is 12.7. The third-order valence-electron chi connectivity index (χ3n) is 2.50. The van der Waals surface area contributed by atoms with E-state index in [2.05, 4.69) is 33.5 Å². The highest BCUT2D eigenvalue weighted by atomic mass is 79.9. The topological polar surface area (TPSA) is 50.4 Å². The lowest BCUT2D eigenvalue weighted by molar-refractivity contribution is -0.121. The van der Waals surface area contributed by atoms with Crippen LogP contribution in [0.1, 0.15) is 33.3 Å². The summed E-state index contributed by atoms with van der Waals surface area (Å²) in [7, 11) is 0. The highest BCUT2D eigenvalue weighted by Gasteiger charge is 2.13. The Labute approximate surface area is 139 Å². The Morgan fingerprint density at radius 2 is 2.05 bits per heavy atom. The van der Waals surface area contributed by atoms with Gasteiger partial charge in [0.2, 0.25) is 0 Å². The molecule has 0 aliphatic heterocycles. The van der Waals surface area contributed by atoms with Gasteiger partial charge in [0.25, 0.3) is 5.91 Å². The molecule has 0 radical (unpaired) electrons. The van der Waals surface area contributed by atoms with Crippen molar-refractivity contribution in [3.63, 3.8) is 0 Å². The van der Waals surface area contributed by atoms with Crippen LogP contribution in [0.25, 0.3) is 0 Å². The Morgan fingerprint density at radius 1 is 1.38 bits per heavy atom. The minimum absolute atomic E-state index is 0.0873. The van der Waals surface area contributed by atoms with Gasteiger partial charge in [0, 0.05) is 5.54 Å². The number of halogens is 1. The molecule has 0 spiro atoms. The van der Waals surface area contributed by atoms with Crippen molar-refractivity contribution in [2.45, 2.75) is 39.7 Å². The SMILES string of the molecule is CCc1ccc(OCC(=O)NC(=S)NC(C)(C)C)c(Br)c1. The standard InChI is InChI=1S/C15H21BrN2O2S/c1-5-10-6-7-12(11(16)8-10)20-9-13(19)17-14(21)18-15(2,3)4/h6-8H,5,9H2,1-4H3,(H2,17,18,19,21). The van der Waals surface area contributed by atoms with Crippen LogP contribution < -0.4 is 15.4 Å². The summed E-state index contributed by atoms with van der Waals surface area (Å²) in [6.45, 7) is 7.89. The number of amides is 1. The van der Waals surface area contributed by atoms with E-state index < -0.39 is 0 Å². The van der Waals surface area contributed by atoms with Crippen molar-refractivity contribution in [2.75, 3.05) is 6.61 Å². The van der Waals surface area contributed by atoms with Crippen LogP contribution in [0.2, 0.25) is 0 Å². The Morgan fingerprint density at radius 3 is 2.57 bits per heavy atom. The number of nitrogens with one attached hydrogen (secondary N) is 2. The molecule has 0 saturated heterocycles. The molecule has 0 aliphatic rings. The van der Waals surface area contributed by atoms with Crippen molar-refractivity contribution >= 4 is 39.2 Å². The van der Waals surface area contributed by atoms with E-state index in [1.54, 1.807) is 0 Å². The van der Waals surface area contributed by atoms with E-state index >= 15 is 0 Å². The van der Waals surface area contributed by atoms with E-state index in [1.165, 1.54) is 5.56 Å². The fraction of sp³-hybridized carbons (Fsp3) is 0.467. The molecule has 21 heavy (non-hydrogen) atoms. The lowest BCUT2D eigenvalue weighted by Crippen LogP contribution is -2.49. The number of carbonyl (C=O) groups is 1. The van der Waals surface area contributed by atoms with Gasteiger partial charge < -0.3 is 15.4 Å². The smallest absolute Gasteiger partial charge is 0.264 e. The van der Waals surface area contributed by atoms with Crippen LogP contribution in [-0.4, -0.2) is 23.2 Å². The zero-order chi connectivity index (χ0) is 16.0. The number of thiocarbonyl (C=S) groups is 1. The van der Waals surface area contributed by atoms with Gasteiger partial charge in [-0.3, -0.25) is 4.79 Å². The van der Waals surface area contributed by atoms with Crippen molar-refractivity contribution in [3.05, 3.63) is 28.2 Å². The van der Waals surface area contributed by atoms with Crippen molar-refractivity contribution in [3.8, 4) is 5.75 Å². The largest absolute Gasteiger partial charge is 0.483 e. The molecule has 0 saturated carbocycles. The summed E-state index contributed by atoms with van der Waals surface area (Å²) < 4.78 is 6.32. The van der Waals surface area contributed by atoms with Gasteiger partial charge in [-0.05, 0) is 73.0 Å². The van der Waals surface area contributed by atoms with Gasteiger partial charge in [-0.15, -0.1) is 0 Å². The number of aryl methyl sites for hydroxylation is 1. The second-order valence-corrected chi connectivity index (χ2v) is 6.92. The van der Waals surface area contributed by atoms with Gasteiger partial charge in [-0.2, -0.15) is 0 Å². The highest BCUT2D eigenvalue weighted by molar-refractivity contribution is 9.10. The molecule has 1 rings (SSSR count). The van der Waals surface area contributed by atoms with E-state index in [4.69, 9.17) is 17.0 Å². The summed E-state index contributed by atoms with van der Waals surface area (Å²) in [5, 5.41) is 5.90. The van der Waals surface area contributed by atoms with E-state index in [9.17, 15) is 4.79 Å². The zero-order valence-corrected chi connectivity index (χ0v) is 15.2. The van der Waals surface area contributed by atoms with Crippen molar-refractivity contribution in [2.24, 2.45) is 0 Å². The predicted molar refractivity (Wildman–Crippen MR) is 92.6 cm³/mol. The molecule has 0 heterocycles. The number of rotatable bonds is 4. The molecular weight excluding hydrogens is 352 g/mol. The van der Waals surface area contributed by atoms with Crippen LogP contribution >= 0.6 is 28.1 Å². The first-order chi connectivity index (χ1) is 9.71. The minimum Gasteiger partial charge on any atom is -0.483 e. The van der Waals surface area contributed by atoms with Gasteiger partial charge in [0.15, 0.2) is 11.7 Å². The first kappa shape index (κ1) is 17.9. The van der Waals surface area contributed by atoms with Gasteiger partial charge in [-0.1, -0.05) is 13.0 Å². The monoisotopic (exact) mass is 372 g/mol. The minimum atomic E-state index is -0.289. The average molecular weight is 373 g/mol. The van der Waals surface area contributed by atoms with E-state index in [-0.39, 0.29) is 18.1 Å². The third kappa shape index (κ3) is 6.91. The molecule has 2 N–H and O–H groups in total. The summed E-state index contributed by atoms with van der Waals surface area (Å²) in [4.78, 5) is 11.8. The molecule has 1 aromatic carbocycles. The van der Waals surface area contributed by atoms with Gasteiger partial charge >= 0.3 is 0 Å². The van der Waals surface area contributed by atoms with Crippen LogP contribution in [-0.2, 0) is 11.2 Å². The summed E-state index contributed by atoms with van der Waals surface area (Å²) >= 11 is 8.49. The van der Waals surface area contributed by atoms with Crippen LogP contribution in [0.4, 0.5) is 0 Å². The van der Waals surface area contributed by atoms with E-state index in [0.717, 1.165) is 10.9 Å². The number of ether oxygens (including phenoxy) is 1. The Kier molecular flexibility index (Phi) is 6.61. The first-order valence-electron chi connectivity index (χ1n) is 6.74. The summed E-state index contributed by atoms with van der Waals surface area (Å²) in [5.41, 5.74) is 1.01. The summed E-state index contributed by atoms with van der Waals surface area (Å²) in [5.74, 6) is 0.347. The lowest BCUT2D eigenvalue weighted by atomic mass is 10.1. The predicted octanol–water partition coefficient (Wildman–Crippen LogP) is 3.18. The molecule has 6 heteroatoms. The van der Waals surface area contributed by atoms with Gasteiger partial charge in [0.05, 0.1) is 4.47 Å². The molecule has 0 aliphatic carbocycles. The van der Waals surface area contributed by atoms with Crippen LogP contribution in [0.15, 0.2) is 22.7 Å². The van der Waals surface area contributed by atoms with Crippen LogP contribution in [0, 0.1) is 0 Å². The maximum absolute atomic E-state index is 11.8. The molecule has 4 nitrogen and oxygen atoms in total. The summed E-state index contributed by atoms with van der Waals surface area (Å²) in [6, 6.07) is 5.81. The van der Waals surface area contributed by atoms with Gasteiger partial charge in [0.1, 0.15) is 5.75 Å². The first-order valence-corrected chi connectivity index (χ1v) is 7.94. The number of carbonyl (C=O) groups excluding carboxylic acids is 1. The Hall–Kier alpha value is -1.14. The highest BCUT2D eigenvalue weighted by Crippen LogP contribution is 2.26. The number of benzene rings is 1. The second-order valence-electron chi connectivity index (χ2n) is 5.66.